The van der Waals surface area contributed by atoms with Gasteiger partial charge in [0.25, 0.3) is 0 Å². The van der Waals surface area contributed by atoms with Crippen molar-refractivity contribution in [3.05, 3.63) is 106 Å². The molecule has 0 aliphatic heterocycles. The van der Waals surface area contributed by atoms with E-state index in [0.29, 0.717) is 22.3 Å². The molecule has 5 heteroatoms. The lowest BCUT2D eigenvalue weighted by Crippen LogP contribution is -2.09. The van der Waals surface area contributed by atoms with Gasteiger partial charge < -0.3 is 9.80 Å². The van der Waals surface area contributed by atoms with Crippen LogP contribution >= 0.6 is 0 Å². The van der Waals surface area contributed by atoms with Crippen molar-refractivity contribution in [2.24, 2.45) is 0 Å². The fraction of sp³-hybridized carbons (Fsp3) is 0.129. The molecule has 36 heavy (non-hydrogen) atoms. The second-order valence-electron chi connectivity index (χ2n) is 9.26. The number of rotatable bonds is 3. The van der Waals surface area contributed by atoms with Crippen molar-refractivity contribution < 1.29 is 4.79 Å². The van der Waals surface area contributed by atoms with E-state index in [4.69, 9.17) is 0 Å². The molecule has 2 aliphatic carbocycles. The molecule has 0 amide bonds. The van der Waals surface area contributed by atoms with Gasteiger partial charge in [-0.05, 0) is 63.7 Å². The average molecular weight is 469 g/mol. The first-order valence-corrected chi connectivity index (χ1v) is 11.6. The summed E-state index contributed by atoms with van der Waals surface area (Å²) in [4.78, 5) is 17.5. The first-order chi connectivity index (χ1) is 17.3. The van der Waals surface area contributed by atoms with Crippen molar-refractivity contribution in [2.75, 3.05) is 38.0 Å². The van der Waals surface area contributed by atoms with E-state index in [0.717, 1.165) is 39.2 Å². The summed E-state index contributed by atoms with van der Waals surface area (Å²) in [5.41, 5.74) is 9.50. The topological polar surface area (TPSA) is 71.1 Å². The summed E-state index contributed by atoms with van der Waals surface area (Å²) < 4.78 is 0. The van der Waals surface area contributed by atoms with Crippen molar-refractivity contribution in [2.45, 2.75) is 0 Å². The Morgan fingerprint density at radius 1 is 0.667 bits per heavy atom. The minimum atomic E-state index is -0.176. The number of carbonyl (C=O) groups excluding carboxylic acids is 1. The molecule has 0 heterocycles. The van der Waals surface area contributed by atoms with Gasteiger partial charge in [0.2, 0.25) is 0 Å². The molecule has 0 fully saturated rings. The fourth-order valence-corrected chi connectivity index (χ4v) is 4.90. The summed E-state index contributed by atoms with van der Waals surface area (Å²) in [5.74, 6) is -0.176. The number of ketones is 1. The number of nitrogens with zero attached hydrogens (tertiary/aromatic N) is 4. The van der Waals surface area contributed by atoms with Gasteiger partial charge in [-0.2, -0.15) is 10.5 Å². The van der Waals surface area contributed by atoms with E-state index in [1.807, 2.05) is 52.5 Å². The monoisotopic (exact) mass is 468 g/mol. The Morgan fingerprint density at radius 2 is 1.17 bits per heavy atom. The molecule has 0 radical (unpaired) electrons. The summed E-state index contributed by atoms with van der Waals surface area (Å²) in [7, 11) is 8.09. The number of hydrogen-bond acceptors (Lipinski definition) is 5. The van der Waals surface area contributed by atoms with Crippen molar-refractivity contribution in [3.63, 3.8) is 0 Å². The number of carbonyl (C=O) groups is 1. The smallest absolute Gasteiger partial charge is 0.194 e. The summed E-state index contributed by atoms with van der Waals surface area (Å²) in [5, 5.41) is 19.2. The molecule has 3 aromatic carbocycles. The van der Waals surface area contributed by atoms with E-state index in [-0.39, 0.29) is 11.4 Å². The second-order valence-corrected chi connectivity index (χ2v) is 9.26. The minimum Gasteiger partial charge on any atom is -0.378 e. The number of benzene rings is 3. The van der Waals surface area contributed by atoms with Gasteiger partial charge in [0.1, 0.15) is 17.7 Å². The SMILES string of the molecule is CN(C)c1ccc2c(c1)-c1cc(N(C)C)ccc1C2=C/C=C1\C(=O)c2ccccc2C1=C(C#N)C#N. The Kier molecular flexibility index (Phi) is 5.55. The highest BCUT2D eigenvalue weighted by atomic mass is 16.1. The first kappa shape index (κ1) is 22.9. The predicted molar refractivity (Wildman–Crippen MR) is 145 cm³/mol. The van der Waals surface area contributed by atoms with Crippen LogP contribution in [0.4, 0.5) is 11.4 Å². The maximum absolute atomic E-state index is 13.3. The molecule has 0 aromatic heterocycles. The molecule has 3 aromatic rings. The highest BCUT2D eigenvalue weighted by Gasteiger charge is 2.32. The van der Waals surface area contributed by atoms with Crippen molar-refractivity contribution in [3.8, 4) is 23.3 Å². The molecule has 0 unspecified atom stereocenters. The summed E-state index contributed by atoms with van der Waals surface area (Å²) >= 11 is 0. The van der Waals surface area contributed by atoms with Gasteiger partial charge in [-0.15, -0.1) is 0 Å². The van der Waals surface area contributed by atoms with Crippen LogP contribution in [0.1, 0.15) is 27.0 Å². The first-order valence-electron chi connectivity index (χ1n) is 11.6. The quantitative estimate of drug-likeness (QED) is 0.278. The Bertz CT molecular complexity index is 1550. The van der Waals surface area contributed by atoms with Crippen LogP contribution < -0.4 is 9.80 Å². The van der Waals surface area contributed by atoms with Crippen LogP contribution in [0.25, 0.3) is 22.3 Å². The molecule has 0 saturated heterocycles. The minimum absolute atomic E-state index is 0.0589. The van der Waals surface area contributed by atoms with Crippen LogP contribution in [-0.2, 0) is 0 Å². The molecule has 0 atom stereocenters. The van der Waals surface area contributed by atoms with Gasteiger partial charge in [-0.3, -0.25) is 4.79 Å². The van der Waals surface area contributed by atoms with Crippen LogP contribution in [-0.4, -0.2) is 34.0 Å². The molecular weight excluding hydrogens is 444 g/mol. The molecule has 5 nitrogen and oxygen atoms in total. The van der Waals surface area contributed by atoms with Gasteiger partial charge >= 0.3 is 0 Å². The van der Waals surface area contributed by atoms with Crippen molar-refractivity contribution >= 4 is 28.3 Å². The van der Waals surface area contributed by atoms with Gasteiger partial charge in [0.15, 0.2) is 5.78 Å². The lowest BCUT2D eigenvalue weighted by atomic mass is 9.98. The van der Waals surface area contributed by atoms with E-state index in [9.17, 15) is 15.3 Å². The highest BCUT2D eigenvalue weighted by Crippen LogP contribution is 2.47. The van der Waals surface area contributed by atoms with E-state index >= 15 is 0 Å². The van der Waals surface area contributed by atoms with Gasteiger partial charge in [0.05, 0.1) is 0 Å². The Balaban J connectivity index is 1.73. The van der Waals surface area contributed by atoms with Crippen LogP contribution in [0, 0.1) is 22.7 Å². The highest BCUT2D eigenvalue weighted by molar-refractivity contribution is 6.28. The molecule has 0 saturated carbocycles. The van der Waals surface area contributed by atoms with E-state index in [1.165, 1.54) is 0 Å². The zero-order valence-electron chi connectivity index (χ0n) is 20.6. The van der Waals surface area contributed by atoms with Crippen LogP contribution in [0.15, 0.2) is 84.0 Å². The third-order valence-electron chi connectivity index (χ3n) is 6.75. The number of allylic oxidation sites excluding steroid dienone is 5. The van der Waals surface area contributed by atoms with E-state index in [1.54, 1.807) is 24.3 Å². The summed E-state index contributed by atoms with van der Waals surface area (Å²) in [6.07, 6.45) is 3.71. The predicted octanol–water partition coefficient (Wildman–Crippen LogP) is 5.85. The third-order valence-corrected chi connectivity index (χ3v) is 6.75. The Hall–Kier alpha value is -4.87. The molecule has 2 aliphatic rings. The van der Waals surface area contributed by atoms with Crippen LogP contribution in [0.2, 0.25) is 0 Å². The molecule has 0 bridgehead atoms. The summed E-state index contributed by atoms with van der Waals surface area (Å²) in [6.45, 7) is 0. The number of Topliss-reactive ketones (excluding diaryl/α,β-unsaturated/α-hetero) is 1. The fourth-order valence-electron chi connectivity index (χ4n) is 4.90. The lowest BCUT2D eigenvalue weighted by Gasteiger charge is -2.15. The molecule has 174 valence electrons. The maximum Gasteiger partial charge on any atom is 0.194 e. The number of hydrogen-bond donors (Lipinski definition) is 0. The largest absolute Gasteiger partial charge is 0.378 e. The second kappa shape index (κ2) is 8.73. The van der Waals surface area contributed by atoms with Crippen LogP contribution in [0.3, 0.4) is 0 Å². The zero-order valence-corrected chi connectivity index (χ0v) is 20.6. The molecule has 5 rings (SSSR count). The van der Waals surface area contributed by atoms with Gasteiger partial charge in [-0.1, -0.05) is 42.5 Å². The zero-order chi connectivity index (χ0) is 25.6. The van der Waals surface area contributed by atoms with Crippen molar-refractivity contribution in [1.29, 1.82) is 10.5 Å². The number of fused-ring (bicyclic) bond motifs is 4. The average Bonchev–Trinajstić information content (AvgIpc) is 3.34. The number of nitriles is 2. The van der Waals surface area contributed by atoms with E-state index in [2.05, 4.69) is 46.2 Å². The maximum atomic E-state index is 13.3. The van der Waals surface area contributed by atoms with E-state index < -0.39 is 0 Å². The summed E-state index contributed by atoms with van der Waals surface area (Å²) in [6, 6.07) is 23.9. The van der Waals surface area contributed by atoms with Gasteiger partial charge in [0, 0.05) is 56.3 Å². The number of anilines is 2. The van der Waals surface area contributed by atoms with Crippen LogP contribution in [0.5, 0.6) is 0 Å². The molecule has 0 spiro atoms. The Morgan fingerprint density at radius 3 is 1.67 bits per heavy atom. The normalized spacial score (nSPS) is 14.1. The lowest BCUT2D eigenvalue weighted by molar-refractivity contribution is 0.104. The molecular formula is C31H24N4O. The van der Waals surface area contributed by atoms with Crippen molar-refractivity contribution in [1.82, 2.24) is 0 Å². The standard InChI is InChI=1S/C31H24N4O/c1-34(2)20-9-11-23-22(24-12-10-21(35(3)4)16-29(24)28(23)15-20)13-14-27-30(19(17-32)18-33)25-7-5-6-8-26(25)31(27)36/h5-16H,1-4H3/b27-14-. The third kappa shape index (κ3) is 3.50. The Labute approximate surface area is 211 Å². The molecule has 0 N–H and O–H groups in total. The van der Waals surface area contributed by atoms with Gasteiger partial charge in [-0.25, -0.2) is 0 Å².